The number of amides is 1. The van der Waals surface area contributed by atoms with Crippen LogP contribution in [0.3, 0.4) is 0 Å². The topological polar surface area (TPSA) is 52.9 Å². The highest BCUT2D eigenvalue weighted by Crippen LogP contribution is 2.15. The van der Waals surface area contributed by atoms with E-state index in [1.807, 2.05) is 0 Å². The van der Waals surface area contributed by atoms with E-state index in [1.54, 1.807) is 11.4 Å². The summed E-state index contributed by atoms with van der Waals surface area (Å²) in [6, 6.07) is 4.86. The number of halogens is 4. The molecule has 3 nitrogen and oxygen atoms in total. The molecule has 90 valence electrons. The van der Waals surface area contributed by atoms with E-state index < -0.39 is 24.4 Å². The molecule has 0 fully saturated rings. The Morgan fingerprint density at radius 2 is 2.06 bits per heavy atom. The predicted molar refractivity (Wildman–Crippen MR) is 49.0 cm³/mol. The summed E-state index contributed by atoms with van der Waals surface area (Å²) in [5.41, 5.74) is -0.0741. The van der Waals surface area contributed by atoms with Gasteiger partial charge in [-0.15, -0.1) is 0 Å². The number of alkyl halides is 3. The van der Waals surface area contributed by atoms with Crippen LogP contribution in [0, 0.1) is 17.1 Å². The van der Waals surface area contributed by atoms with E-state index in [9.17, 15) is 22.4 Å². The van der Waals surface area contributed by atoms with Crippen molar-refractivity contribution in [1.82, 2.24) is 5.32 Å². The molecule has 0 heterocycles. The van der Waals surface area contributed by atoms with Crippen LogP contribution in [0.15, 0.2) is 18.2 Å². The fraction of sp³-hybridized carbons (Fsp3) is 0.200. The van der Waals surface area contributed by atoms with E-state index in [0.29, 0.717) is 0 Å². The number of carbonyl (C=O) groups is 1. The summed E-state index contributed by atoms with van der Waals surface area (Å²) >= 11 is 0. The molecule has 0 radical (unpaired) electrons. The van der Waals surface area contributed by atoms with Crippen LogP contribution >= 0.6 is 0 Å². The van der Waals surface area contributed by atoms with Crippen LogP contribution in [0.25, 0.3) is 0 Å². The van der Waals surface area contributed by atoms with Gasteiger partial charge in [0, 0.05) is 6.54 Å². The zero-order chi connectivity index (χ0) is 13.1. The van der Waals surface area contributed by atoms with Gasteiger partial charge in [0.25, 0.3) is 0 Å². The highest BCUT2D eigenvalue weighted by atomic mass is 19.4. The quantitative estimate of drug-likeness (QED) is 0.810. The molecular weight excluding hydrogens is 240 g/mol. The second-order valence-corrected chi connectivity index (χ2v) is 3.11. The molecule has 0 aliphatic carbocycles. The van der Waals surface area contributed by atoms with Crippen molar-refractivity contribution in [2.45, 2.75) is 12.7 Å². The monoisotopic (exact) mass is 246 g/mol. The molecule has 1 aromatic rings. The standard InChI is InChI=1S/C10H6F4N2O/c11-8-3-6(1-2-7(8)4-15)5-16-9(17)10(12,13)14/h1-3H,5H2,(H,16,17). The van der Waals surface area contributed by atoms with Crippen LogP contribution in [0.2, 0.25) is 0 Å². The van der Waals surface area contributed by atoms with Crippen molar-refractivity contribution in [2.75, 3.05) is 0 Å². The average molecular weight is 246 g/mol. The first-order valence-electron chi connectivity index (χ1n) is 4.38. The van der Waals surface area contributed by atoms with Gasteiger partial charge in [0.1, 0.15) is 11.9 Å². The third kappa shape index (κ3) is 3.45. The molecule has 0 aliphatic heterocycles. The fourth-order valence-electron chi connectivity index (χ4n) is 1.04. The van der Waals surface area contributed by atoms with Crippen molar-refractivity contribution in [1.29, 1.82) is 5.26 Å². The van der Waals surface area contributed by atoms with E-state index in [4.69, 9.17) is 5.26 Å². The summed E-state index contributed by atoms with van der Waals surface area (Å²) in [4.78, 5) is 10.5. The minimum atomic E-state index is -4.97. The minimum absolute atomic E-state index is 0.138. The highest BCUT2D eigenvalue weighted by molar-refractivity contribution is 5.81. The second kappa shape index (κ2) is 4.82. The molecule has 0 saturated heterocycles. The number of nitriles is 1. The summed E-state index contributed by atoms with van der Waals surface area (Å²) in [6.07, 6.45) is -4.97. The lowest BCUT2D eigenvalue weighted by molar-refractivity contribution is -0.173. The Balaban J connectivity index is 2.69. The normalized spacial score (nSPS) is 10.8. The Morgan fingerprint density at radius 3 is 2.53 bits per heavy atom. The van der Waals surface area contributed by atoms with Crippen LogP contribution in [-0.2, 0) is 11.3 Å². The van der Waals surface area contributed by atoms with Crippen molar-refractivity contribution in [3.63, 3.8) is 0 Å². The summed E-state index contributed by atoms with van der Waals surface area (Å²) in [6.45, 7) is -0.457. The Morgan fingerprint density at radius 1 is 1.41 bits per heavy atom. The van der Waals surface area contributed by atoms with Gasteiger partial charge in [-0.3, -0.25) is 4.79 Å². The number of benzene rings is 1. The van der Waals surface area contributed by atoms with Crippen LogP contribution in [0.1, 0.15) is 11.1 Å². The molecule has 1 N–H and O–H groups in total. The third-order valence-electron chi connectivity index (χ3n) is 1.86. The molecule has 0 atom stereocenters. The molecule has 7 heteroatoms. The zero-order valence-corrected chi connectivity index (χ0v) is 8.31. The number of carbonyl (C=O) groups excluding carboxylic acids is 1. The lowest BCUT2D eigenvalue weighted by Crippen LogP contribution is -2.36. The van der Waals surface area contributed by atoms with Gasteiger partial charge in [-0.2, -0.15) is 18.4 Å². The van der Waals surface area contributed by atoms with E-state index in [-0.39, 0.29) is 11.1 Å². The Hall–Kier alpha value is -2.10. The summed E-state index contributed by atoms with van der Waals surface area (Å²) in [7, 11) is 0. The molecule has 0 spiro atoms. The predicted octanol–water partition coefficient (Wildman–Crippen LogP) is 1.88. The maximum Gasteiger partial charge on any atom is 0.471 e. The Labute approximate surface area is 93.7 Å². The van der Waals surface area contributed by atoms with Crippen LogP contribution in [-0.4, -0.2) is 12.1 Å². The van der Waals surface area contributed by atoms with Gasteiger partial charge < -0.3 is 5.32 Å². The lowest BCUT2D eigenvalue weighted by Gasteiger charge is -2.08. The minimum Gasteiger partial charge on any atom is -0.344 e. The van der Waals surface area contributed by atoms with Crippen molar-refractivity contribution in [2.24, 2.45) is 0 Å². The molecule has 0 bridgehead atoms. The molecule has 0 unspecified atom stereocenters. The number of hydrogen-bond donors (Lipinski definition) is 1. The van der Waals surface area contributed by atoms with Crippen molar-refractivity contribution < 1.29 is 22.4 Å². The third-order valence-corrected chi connectivity index (χ3v) is 1.86. The number of rotatable bonds is 2. The molecule has 0 aliphatic rings. The summed E-state index contributed by atoms with van der Waals surface area (Å²) in [5.74, 6) is -2.94. The van der Waals surface area contributed by atoms with Crippen molar-refractivity contribution >= 4 is 5.91 Å². The largest absolute Gasteiger partial charge is 0.471 e. The summed E-state index contributed by atoms with van der Waals surface area (Å²) < 4.78 is 48.5. The van der Waals surface area contributed by atoms with Gasteiger partial charge in [0.15, 0.2) is 0 Å². The molecule has 0 saturated carbocycles. The number of nitrogens with one attached hydrogen (secondary N) is 1. The molecular formula is C10H6F4N2O. The van der Waals surface area contributed by atoms with E-state index >= 15 is 0 Å². The first-order chi connectivity index (χ1) is 7.84. The zero-order valence-electron chi connectivity index (χ0n) is 8.31. The molecule has 1 aromatic carbocycles. The van der Waals surface area contributed by atoms with Crippen LogP contribution < -0.4 is 5.32 Å². The van der Waals surface area contributed by atoms with E-state index in [0.717, 1.165) is 12.1 Å². The number of nitrogens with zero attached hydrogens (tertiary/aromatic N) is 1. The van der Waals surface area contributed by atoms with Gasteiger partial charge >= 0.3 is 12.1 Å². The van der Waals surface area contributed by atoms with E-state index in [1.165, 1.54) is 6.07 Å². The Kier molecular flexibility index (Phi) is 3.68. The van der Waals surface area contributed by atoms with Crippen LogP contribution in [0.4, 0.5) is 17.6 Å². The second-order valence-electron chi connectivity index (χ2n) is 3.11. The highest BCUT2D eigenvalue weighted by Gasteiger charge is 2.38. The van der Waals surface area contributed by atoms with Crippen molar-refractivity contribution in [3.05, 3.63) is 35.1 Å². The molecule has 1 amide bonds. The first-order valence-corrected chi connectivity index (χ1v) is 4.38. The fourth-order valence-corrected chi connectivity index (χ4v) is 1.04. The number of hydrogen-bond acceptors (Lipinski definition) is 2. The SMILES string of the molecule is N#Cc1ccc(CNC(=O)C(F)(F)F)cc1F. The van der Waals surface area contributed by atoms with Crippen molar-refractivity contribution in [3.8, 4) is 6.07 Å². The summed E-state index contributed by atoms with van der Waals surface area (Å²) in [5, 5.41) is 10.0. The lowest BCUT2D eigenvalue weighted by atomic mass is 10.1. The van der Waals surface area contributed by atoms with Gasteiger partial charge in [-0.1, -0.05) is 6.07 Å². The van der Waals surface area contributed by atoms with E-state index in [2.05, 4.69) is 0 Å². The Bertz CT molecular complexity index is 476. The smallest absolute Gasteiger partial charge is 0.344 e. The maximum absolute atomic E-state index is 13.1. The average Bonchev–Trinajstić information content (AvgIpc) is 2.24. The first kappa shape index (κ1) is 13.0. The van der Waals surface area contributed by atoms with Gasteiger partial charge in [-0.05, 0) is 17.7 Å². The van der Waals surface area contributed by atoms with Gasteiger partial charge in [-0.25, -0.2) is 4.39 Å². The molecule has 1 rings (SSSR count). The molecule has 0 aromatic heterocycles. The van der Waals surface area contributed by atoms with Gasteiger partial charge in [0.05, 0.1) is 5.56 Å². The molecule has 17 heavy (non-hydrogen) atoms. The van der Waals surface area contributed by atoms with Crippen LogP contribution in [0.5, 0.6) is 0 Å². The maximum atomic E-state index is 13.1. The van der Waals surface area contributed by atoms with Gasteiger partial charge in [0.2, 0.25) is 0 Å².